The van der Waals surface area contributed by atoms with Gasteiger partial charge in [0.1, 0.15) is 23.2 Å². The molecule has 2 saturated carbocycles. The summed E-state index contributed by atoms with van der Waals surface area (Å²) in [6.45, 7) is 5.15. The summed E-state index contributed by atoms with van der Waals surface area (Å²) in [5.74, 6) is -1.77. The molecule has 8 aromatic rings. The first kappa shape index (κ1) is 59.0. The highest BCUT2D eigenvalue weighted by Crippen LogP contribution is 2.47. The standard InChI is InChI=1S/C33H29FN2O3.C23H21FN2O2.C12H15NO2/c1-21(22-7-3-2-4-8-22)35-31(39)20-27(38)19-26(37)17-18-29-32(23-13-15-25(34)16-14-23)28-9-5-6-10-30(28)36-33(29)24-11-12-24;1-26(28-2)21(27)14-13-19-22(15-9-11-17(24)12-10-15)18-5-3-4-6-20(18)25-23(19)16-7-8-16;1-9(14)8-12(15)13-10(2)11-6-4-3-5-7-11/h2-10,13-18,21,24H,11-12,19-20H2,1H3,(H,35,39);3-6,9-14,16H,7-8H2,1-2H3;3-7,10H,8H2,1-2H3,(H,13,15)/b18-17+;14-13+;/t21-;;10-/m0.0/s1. The van der Waals surface area contributed by atoms with Crippen molar-refractivity contribution in [2.75, 3.05) is 14.2 Å². The van der Waals surface area contributed by atoms with Gasteiger partial charge in [0.25, 0.3) is 5.91 Å². The number of carbonyl (C=O) groups excluding carboxylic acids is 6. The Morgan fingerprint density at radius 1 is 0.561 bits per heavy atom. The lowest BCUT2D eigenvalue weighted by Crippen LogP contribution is -2.28. The Balaban J connectivity index is 0.000000178. The second-order valence-electron chi connectivity index (χ2n) is 20.5. The number of hydroxylamine groups is 2. The Bertz CT molecular complexity index is 3660. The second kappa shape index (κ2) is 27.8. The van der Waals surface area contributed by atoms with E-state index in [-0.39, 0.29) is 66.4 Å². The van der Waals surface area contributed by atoms with Crippen LogP contribution in [-0.2, 0) is 33.6 Å². The molecule has 2 aliphatic rings. The number of likely N-dealkylation sites (N-methyl/N-ethyl adjacent to an activating group) is 1. The maximum Gasteiger partial charge on any atom is 0.269 e. The van der Waals surface area contributed by atoms with E-state index in [4.69, 9.17) is 14.8 Å². The minimum Gasteiger partial charge on any atom is -0.349 e. The van der Waals surface area contributed by atoms with Gasteiger partial charge in [0.2, 0.25) is 11.8 Å². The average molecular weight is 1100 g/mol. The molecule has 0 spiro atoms. The van der Waals surface area contributed by atoms with Crippen LogP contribution in [0.5, 0.6) is 0 Å². The number of ketones is 3. The molecule has 2 heterocycles. The van der Waals surface area contributed by atoms with Crippen molar-refractivity contribution in [3.63, 3.8) is 0 Å². The van der Waals surface area contributed by atoms with Crippen LogP contribution in [0.15, 0.2) is 170 Å². The number of pyridine rings is 2. The highest BCUT2D eigenvalue weighted by atomic mass is 19.1. The zero-order valence-electron chi connectivity index (χ0n) is 46.5. The van der Waals surface area contributed by atoms with Crippen LogP contribution >= 0.6 is 0 Å². The van der Waals surface area contributed by atoms with Gasteiger partial charge in [-0.05, 0) is 123 Å². The van der Waals surface area contributed by atoms with Crippen LogP contribution in [0.25, 0.3) is 56.2 Å². The molecular formula is C68H65F2N5O7. The first-order valence-corrected chi connectivity index (χ1v) is 27.3. The van der Waals surface area contributed by atoms with Gasteiger partial charge in [-0.25, -0.2) is 13.8 Å². The molecule has 14 heteroatoms. The average Bonchev–Trinajstić information content (AvgIpc) is 4.57. The molecule has 12 nitrogen and oxygen atoms in total. The minimum atomic E-state index is -0.444. The molecule has 0 radical (unpaired) electrons. The molecule has 0 saturated heterocycles. The van der Waals surface area contributed by atoms with E-state index in [1.807, 2.05) is 129 Å². The van der Waals surface area contributed by atoms with E-state index >= 15 is 0 Å². The minimum absolute atomic E-state index is 0.0445. The Morgan fingerprint density at radius 3 is 1.38 bits per heavy atom. The molecule has 0 aliphatic heterocycles. The normalized spacial score (nSPS) is 13.5. The Kier molecular flexibility index (Phi) is 20.0. The third kappa shape index (κ3) is 16.0. The molecule has 2 fully saturated rings. The van der Waals surface area contributed by atoms with E-state index in [0.717, 1.165) is 103 Å². The molecule has 2 atom stereocenters. The summed E-state index contributed by atoms with van der Waals surface area (Å²) >= 11 is 0. The van der Waals surface area contributed by atoms with Gasteiger partial charge in [0.05, 0.1) is 60.9 Å². The number of rotatable bonds is 19. The molecule has 10 rings (SSSR count). The van der Waals surface area contributed by atoms with Gasteiger partial charge < -0.3 is 10.6 Å². The van der Waals surface area contributed by atoms with E-state index in [1.54, 1.807) is 37.4 Å². The molecule has 82 heavy (non-hydrogen) atoms. The third-order valence-corrected chi connectivity index (χ3v) is 14.0. The summed E-state index contributed by atoms with van der Waals surface area (Å²) < 4.78 is 27.3. The number of carbonyl (C=O) groups is 6. The van der Waals surface area contributed by atoms with Crippen LogP contribution in [0.4, 0.5) is 8.78 Å². The lowest BCUT2D eigenvalue weighted by Gasteiger charge is -2.16. The van der Waals surface area contributed by atoms with E-state index in [9.17, 15) is 37.5 Å². The fourth-order valence-corrected chi connectivity index (χ4v) is 9.50. The molecular weight excluding hydrogens is 1040 g/mol. The van der Waals surface area contributed by atoms with Gasteiger partial charge in [-0.2, -0.15) is 0 Å². The van der Waals surface area contributed by atoms with Gasteiger partial charge >= 0.3 is 0 Å². The molecule has 2 N–H and O–H groups in total. The summed E-state index contributed by atoms with van der Waals surface area (Å²) in [6, 6.07) is 47.3. The topological polar surface area (TPSA) is 165 Å². The van der Waals surface area contributed by atoms with Crippen LogP contribution in [0.2, 0.25) is 0 Å². The summed E-state index contributed by atoms with van der Waals surface area (Å²) in [5, 5.41) is 8.62. The number of fused-ring (bicyclic) bond motifs is 2. The van der Waals surface area contributed by atoms with Crippen molar-refractivity contribution >= 4 is 69.0 Å². The maximum absolute atomic E-state index is 13.7. The summed E-state index contributed by atoms with van der Waals surface area (Å²) in [4.78, 5) is 86.7. The van der Waals surface area contributed by atoms with E-state index in [1.165, 1.54) is 55.5 Å². The molecule has 0 unspecified atom stereocenters. The van der Waals surface area contributed by atoms with Gasteiger partial charge in [0, 0.05) is 58.0 Å². The Morgan fingerprint density at radius 2 is 0.963 bits per heavy atom. The fourth-order valence-electron chi connectivity index (χ4n) is 9.50. The second-order valence-corrected chi connectivity index (χ2v) is 20.5. The number of nitrogens with zero attached hydrogens (tertiary/aromatic N) is 3. The number of Topliss-reactive ketones (excluding diaryl/α,β-unsaturated/α-hetero) is 2. The molecule has 6 aromatic carbocycles. The van der Waals surface area contributed by atoms with Crippen molar-refractivity contribution in [3.8, 4) is 22.3 Å². The lowest BCUT2D eigenvalue weighted by molar-refractivity contribution is -0.162. The number of para-hydroxylation sites is 2. The summed E-state index contributed by atoms with van der Waals surface area (Å²) in [7, 11) is 3.01. The van der Waals surface area contributed by atoms with Crippen molar-refractivity contribution in [2.24, 2.45) is 0 Å². The molecule has 2 aromatic heterocycles. The first-order valence-electron chi connectivity index (χ1n) is 27.3. The number of allylic oxidation sites excluding steroid dienone is 1. The Labute approximate surface area is 476 Å². The van der Waals surface area contributed by atoms with Crippen LogP contribution in [-0.4, -0.2) is 64.3 Å². The Hall–Kier alpha value is -9.14. The van der Waals surface area contributed by atoms with Crippen LogP contribution in [0.1, 0.15) is 123 Å². The number of hydrogen-bond acceptors (Lipinski definition) is 9. The van der Waals surface area contributed by atoms with Gasteiger partial charge in [-0.15, -0.1) is 0 Å². The number of benzene rings is 6. The van der Waals surface area contributed by atoms with E-state index in [2.05, 4.69) is 10.6 Å². The number of nitrogens with one attached hydrogen (secondary N) is 2. The van der Waals surface area contributed by atoms with Gasteiger partial charge in [-0.3, -0.25) is 43.6 Å². The lowest BCUT2D eigenvalue weighted by atomic mass is 9.92. The zero-order chi connectivity index (χ0) is 58.3. The molecule has 3 amide bonds. The van der Waals surface area contributed by atoms with Crippen LogP contribution < -0.4 is 10.6 Å². The largest absolute Gasteiger partial charge is 0.349 e. The quantitative estimate of drug-likeness (QED) is 0.0455. The van der Waals surface area contributed by atoms with Crippen molar-refractivity contribution in [1.29, 1.82) is 0 Å². The highest BCUT2D eigenvalue weighted by Gasteiger charge is 2.31. The zero-order valence-corrected chi connectivity index (χ0v) is 46.5. The number of aromatic nitrogens is 2. The molecule has 0 bridgehead atoms. The van der Waals surface area contributed by atoms with Crippen molar-refractivity contribution in [2.45, 2.75) is 89.6 Å². The van der Waals surface area contributed by atoms with Crippen molar-refractivity contribution < 1.29 is 42.4 Å². The summed E-state index contributed by atoms with van der Waals surface area (Å²) in [6.07, 6.45) is 9.84. The molecule has 418 valence electrons. The first-order chi connectivity index (χ1) is 39.6. The van der Waals surface area contributed by atoms with Gasteiger partial charge in [0.15, 0.2) is 5.78 Å². The monoisotopic (exact) mass is 1100 g/mol. The van der Waals surface area contributed by atoms with E-state index in [0.29, 0.717) is 11.8 Å². The smallest absolute Gasteiger partial charge is 0.269 e. The number of amides is 3. The van der Waals surface area contributed by atoms with Gasteiger partial charge in [-0.1, -0.05) is 121 Å². The predicted octanol–water partition coefficient (Wildman–Crippen LogP) is 13.5. The number of halogens is 2. The highest BCUT2D eigenvalue weighted by molar-refractivity contribution is 6.11. The van der Waals surface area contributed by atoms with Crippen molar-refractivity contribution in [1.82, 2.24) is 25.7 Å². The van der Waals surface area contributed by atoms with Crippen molar-refractivity contribution in [3.05, 3.63) is 215 Å². The number of hydrogen-bond donors (Lipinski definition) is 2. The van der Waals surface area contributed by atoms with Crippen LogP contribution in [0, 0.1) is 11.6 Å². The maximum atomic E-state index is 13.7. The summed E-state index contributed by atoms with van der Waals surface area (Å²) in [5.41, 5.74) is 10.9. The predicted molar refractivity (Wildman–Crippen MR) is 317 cm³/mol. The van der Waals surface area contributed by atoms with E-state index < -0.39 is 11.7 Å². The van der Waals surface area contributed by atoms with Crippen LogP contribution in [0.3, 0.4) is 0 Å². The third-order valence-electron chi connectivity index (χ3n) is 14.0. The fraction of sp³-hybridized carbons (Fsp3) is 0.235. The SMILES string of the molecule is CC(=O)CC(=O)N[C@@H](C)c1ccccc1.CON(C)C(=O)/C=C/c1c(C2CC2)nc2ccccc2c1-c1ccc(F)cc1.C[C@H](NC(=O)CC(=O)CC(=O)/C=C/c1c(C2CC2)nc2ccccc2c1-c1ccc(F)cc1)c1ccccc1. The molecule has 2 aliphatic carbocycles.